The third-order valence-electron chi connectivity index (χ3n) is 2.98. The lowest BCUT2D eigenvalue weighted by Crippen LogP contribution is -2.05. The molecule has 0 atom stereocenters. The maximum atomic E-state index is 12.6. The van der Waals surface area contributed by atoms with Gasteiger partial charge < -0.3 is 5.73 Å². The Balaban J connectivity index is 2.49. The number of rotatable bonds is 1. The zero-order valence-corrected chi connectivity index (χ0v) is 10.5. The van der Waals surface area contributed by atoms with Gasteiger partial charge in [0.1, 0.15) is 5.82 Å². The summed E-state index contributed by atoms with van der Waals surface area (Å²) in [5.41, 5.74) is 7.83. The standard InChI is InChI=1S/C14H13F3N2/c1-8-6-11(14(15,16)17)3-4-12(8)10-5-9(2)13(18)19-7-10/h3-7H,1-2H3,(H2,18,19). The summed E-state index contributed by atoms with van der Waals surface area (Å²) in [6.45, 7) is 3.46. The van der Waals surface area contributed by atoms with Crippen LogP contribution in [0.15, 0.2) is 30.5 Å². The Morgan fingerprint density at radius 3 is 2.26 bits per heavy atom. The van der Waals surface area contributed by atoms with Crippen molar-refractivity contribution in [2.45, 2.75) is 20.0 Å². The molecule has 0 aliphatic heterocycles. The summed E-state index contributed by atoms with van der Waals surface area (Å²) in [7, 11) is 0. The molecule has 5 heteroatoms. The van der Waals surface area contributed by atoms with Crippen LogP contribution in [0.3, 0.4) is 0 Å². The number of nitrogens with two attached hydrogens (primary N) is 1. The first-order valence-electron chi connectivity index (χ1n) is 5.69. The van der Waals surface area contributed by atoms with Crippen LogP contribution < -0.4 is 5.73 Å². The average molecular weight is 266 g/mol. The quantitative estimate of drug-likeness (QED) is 0.848. The maximum absolute atomic E-state index is 12.6. The van der Waals surface area contributed by atoms with Crippen molar-refractivity contribution in [3.8, 4) is 11.1 Å². The molecule has 0 spiro atoms. The molecule has 0 radical (unpaired) electrons. The summed E-state index contributed by atoms with van der Waals surface area (Å²) in [5, 5.41) is 0. The molecule has 2 rings (SSSR count). The van der Waals surface area contributed by atoms with E-state index in [4.69, 9.17) is 5.73 Å². The van der Waals surface area contributed by atoms with Gasteiger partial charge in [-0.15, -0.1) is 0 Å². The van der Waals surface area contributed by atoms with Crippen LogP contribution >= 0.6 is 0 Å². The lowest BCUT2D eigenvalue weighted by Gasteiger charge is -2.12. The van der Waals surface area contributed by atoms with E-state index in [2.05, 4.69) is 4.98 Å². The lowest BCUT2D eigenvalue weighted by molar-refractivity contribution is -0.137. The van der Waals surface area contributed by atoms with Crippen LogP contribution in [-0.2, 0) is 6.18 Å². The van der Waals surface area contributed by atoms with Gasteiger partial charge in [-0.1, -0.05) is 6.07 Å². The van der Waals surface area contributed by atoms with Crippen LogP contribution in [0.4, 0.5) is 19.0 Å². The molecule has 1 aromatic heterocycles. The van der Waals surface area contributed by atoms with Crippen LogP contribution in [0.2, 0.25) is 0 Å². The van der Waals surface area contributed by atoms with Crippen molar-refractivity contribution in [1.29, 1.82) is 0 Å². The van der Waals surface area contributed by atoms with Gasteiger partial charge in [-0.05, 0) is 48.7 Å². The minimum absolute atomic E-state index is 0.424. The summed E-state index contributed by atoms with van der Waals surface area (Å²) in [5.74, 6) is 0.424. The molecule has 0 saturated heterocycles. The number of nitrogen functional groups attached to an aromatic ring is 1. The number of anilines is 1. The van der Waals surface area contributed by atoms with Gasteiger partial charge in [-0.25, -0.2) is 4.98 Å². The number of hydrogen-bond donors (Lipinski definition) is 1. The second-order valence-electron chi connectivity index (χ2n) is 4.45. The summed E-state index contributed by atoms with van der Waals surface area (Å²) in [6, 6.07) is 5.50. The van der Waals surface area contributed by atoms with Gasteiger partial charge in [-0.2, -0.15) is 13.2 Å². The highest BCUT2D eigenvalue weighted by atomic mass is 19.4. The molecule has 100 valence electrons. The Morgan fingerprint density at radius 1 is 1.05 bits per heavy atom. The van der Waals surface area contributed by atoms with Crippen molar-refractivity contribution >= 4 is 5.82 Å². The highest BCUT2D eigenvalue weighted by Gasteiger charge is 2.30. The van der Waals surface area contributed by atoms with Crippen LogP contribution in [0, 0.1) is 13.8 Å². The number of pyridine rings is 1. The third kappa shape index (κ3) is 2.70. The predicted octanol–water partition coefficient (Wildman–Crippen LogP) is 3.97. The van der Waals surface area contributed by atoms with Crippen molar-refractivity contribution in [2.24, 2.45) is 0 Å². The highest BCUT2D eigenvalue weighted by molar-refractivity contribution is 5.68. The zero-order valence-electron chi connectivity index (χ0n) is 10.5. The Labute approximate surface area is 109 Å². The van der Waals surface area contributed by atoms with Crippen molar-refractivity contribution < 1.29 is 13.2 Å². The average Bonchev–Trinajstić information content (AvgIpc) is 2.31. The van der Waals surface area contributed by atoms with E-state index < -0.39 is 11.7 Å². The van der Waals surface area contributed by atoms with Crippen LogP contribution in [-0.4, -0.2) is 4.98 Å². The minimum Gasteiger partial charge on any atom is -0.383 e. The first kappa shape index (κ1) is 13.4. The summed E-state index contributed by atoms with van der Waals surface area (Å²) < 4.78 is 37.8. The van der Waals surface area contributed by atoms with Gasteiger partial charge in [0.05, 0.1) is 5.56 Å². The molecular formula is C14H13F3N2. The molecule has 1 heterocycles. The molecule has 2 aromatic rings. The third-order valence-corrected chi connectivity index (χ3v) is 2.98. The molecule has 0 unspecified atom stereocenters. The number of nitrogens with zero attached hydrogens (tertiary/aromatic N) is 1. The molecule has 0 bridgehead atoms. The molecule has 2 N–H and O–H groups in total. The van der Waals surface area contributed by atoms with Crippen LogP contribution in [0.5, 0.6) is 0 Å². The number of alkyl halides is 3. The summed E-state index contributed by atoms with van der Waals surface area (Å²) in [6.07, 6.45) is -2.75. The second-order valence-corrected chi connectivity index (χ2v) is 4.45. The van der Waals surface area contributed by atoms with Crippen molar-refractivity contribution in [1.82, 2.24) is 4.98 Å². The zero-order chi connectivity index (χ0) is 14.2. The van der Waals surface area contributed by atoms with Crippen molar-refractivity contribution in [2.75, 3.05) is 5.73 Å². The van der Waals surface area contributed by atoms with Gasteiger partial charge in [0.2, 0.25) is 0 Å². The fourth-order valence-corrected chi connectivity index (χ4v) is 1.90. The Morgan fingerprint density at radius 2 is 1.74 bits per heavy atom. The first-order valence-corrected chi connectivity index (χ1v) is 5.69. The van der Waals surface area contributed by atoms with Gasteiger partial charge in [0.25, 0.3) is 0 Å². The molecule has 19 heavy (non-hydrogen) atoms. The van der Waals surface area contributed by atoms with Gasteiger partial charge in [0.15, 0.2) is 0 Å². The highest BCUT2D eigenvalue weighted by Crippen LogP contribution is 2.33. The van der Waals surface area contributed by atoms with E-state index in [1.807, 2.05) is 13.0 Å². The summed E-state index contributed by atoms with van der Waals surface area (Å²) >= 11 is 0. The monoisotopic (exact) mass is 266 g/mol. The topological polar surface area (TPSA) is 38.9 Å². The lowest BCUT2D eigenvalue weighted by atomic mass is 9.98. The minimum atomic E-state index is -4.32. The van der Waals surface area contributed by atoms with Crippen LogP contribution in [0.25, 0.3) is 11.1 Å². The van der Waals surface area contributed by atoms with E-state index in [0.717, 1.165) is 28.8 Å². The molecule has 0 saturated carbocycles. The predicted molar refractivity (Wildman–Crippen MR) is 68.6 cm³/mol. The second kappa shape index (κ2) is 4.57. The molecule has 0 aliphatic carbocycles. The molecule has 0 fully saturated rings. The SMILES string of the molecule is Cc1cc(C(F)(F)F)ccc1-c1cnc(N)c(C)c1. The number of aromatic nitrogens is 1. The number of halogens is 3. The maximum Gasteiger partial charge on any atom is 0.416 e. The van der Waals surface area contributed by atoms with Crippen molar-refractivity contribution in [3.05, 3.63) is 47.2 Å². The van der Waals surface area contributed by atoms with E-state index in [-0.39, 0.29) is 0 Å². The van der Waals surface area contributed by atoms with Gasteiger partial charge in [-0.3, -0.25) is 0 Å². The fraction of sp³-hybridized carbons (Fsp3) is 0.214. The Hall–Kier alpha value is -2.04. The molecule has 2 nitrogen and oxygen atoms in total. The summed E-state index contributed by atoms with van der Waals surface area (Å²) in [4.78, 5) is 4.02. The smallest absolute Gasteiger partial charge is 0.383 e. The molecule has 0 aliphatic rings. The number of aryl methyl sites for hydroxylation is 2. The van der Waals surface area contributed by atoms with E-state index >= 15 is 0 Å². The van der Waals surface area contributed by atoms with Crippen molar-refractivity contribution in [3.63, 3.8) is 0 Å². The van der Waals surface area contributed by atoms with E-state index in [9.17, 15) is 13.2 Å². The van der Waals surface area contributed by atoms with E-state index in [0.29, 0.717) is 11.4 Å². The largest absolute Gasteiger partial charge is 0.416 e. The Bertz CT molecular complexity index is 619. The normalized spacial score (nSPS) is 11.6. The molecule has 0 amide bonds. The van der Waals surface area contributed by atoms with Gasteiger partial charge in [0, 0.05) is 11.8 Å². The van der Waals surface area contributed by atoms with E-state index in [1.165, 1.54) is 6.07 Å². The molecule has 1 aromatic carbocycles. The van der Waals surface area contributed by atoms with Gasteiger partial charge >= 0.3 is 6.18 Å². The first-order chi connectivity index (χ1) is 8.79. The number of hydrogen-bond acceptors (Lipinski definition) is 2. The molecular weight excluding hydrogens is 253 g/mol. The number of benzene rings is 1. The van der Waals surface area contributed by atoms with E-state index in [1.54, 1.807) is 13.1 Å². The van der Waals surface area contributed by atoms with Crippen LogP contribution in [0.1, 0.15) is 16.7 Å². The Kier molecular flexibility index (Phi) is 3.22. The fourth-order valence-electron chi connectivity index (χ4n) is 1.90.